The fraction of sp³-hybridized carbons (Fsp3) is 0.400. The highest BCUT2D eigenvalue weighted by molar-refractivity contribution is 9.10. The fourth-order valence-electron chi connectivity index (χ4n) is 1.34. The standard InChI is InChI=1S/C10H10BrF3N2O2/c1-6-4-8(15-3-2-10(12,13)14)7(11)5-9(6)16(17)18/h4-5,15H,2-3H2,1H3. The number of alkyl halides is 3. The summed E-state index contributed by atoms with van der Waals surface area (Å²) in [6.45, 7) is 1.25. The molecule has 0 fully saturated rings. The molecule has 0 bridgehead atoms. The number of nitrogens with zero attached hydrogens (tertiary/aromatic N) is 1. The number of hydrogen-bond donors (Lipinski definition) is 1. The smallest absolute Gasteiger partial charge is 0.384 e. The number of benzene rings is 1. The zero-order chi connectivity index (χ0) is 13.9. The first-order valence-electron chi connectivity index (χ1n) is 4.96. The summed E-state index contributed by atoms with van der Waals surface area (Å²) in [5.41, 5.74) is 0.711. The van der Waals surface area contributed by atoms with Crippen molar-refractivity contribution in [3.05, 3.63) is 32.3 Å². The summed E-state index contributed by atoms with van der Waals surface area (Å²) in [6, 6.07) is 2.71. The molecule has 0 saturated carbocycles. The van der Waals surface area contributed by atoms with Crippen LogP contribution in [0.3, 0.4) is 0 Å². The van der Waals surface area contributed by atoms with Crippen LogP contribution >= 0.6 is 15.9 Å². The van der Waals surface area contributed by atoms with Crippen LogP contribution in [0, 0.1) is 17.0 Å². The Hall–Kier alpha value is -1.31. The lowest BCUT2D eigenvalue weighted by atomic mass is 10.2. The SMILES string of the molecule is Cc1cc(NCCC(F)(F)F)c(Br)cc1[N+](=O)[O-]. The Balaban J connectivity index is 2.79. The number of nitro groups is 1. The predicted octanol–water partition coefficient (Wildman–Crippen LogP) is 4.03. The van der Waals surface area contributed by atoms with Gasteiger partial charge in [-0.25, -0.2) is 0 Å². The molecule has 0 spiro atoms. The molecule has 0 heterocycles. The number of hydrogen-bond acceptors (Lipinski definition) is 3. The molecule has 0 atom stereocenters. The topological polar surface area (TPSA) is 55.2 Å². The molecule has 8 heteroatoms. The van der Waals surface area contributed by atoms with Gasteiger partial charge in [0.2, 0.25) is 0 Å². The van der Waals surface area contributed by atoms with Gasteiger partial charge in [0.25, 0.3) is 5.69 Å². The third-order valence-electron chi connectivity index (χ3n) is 2.21. The lowest BCUT2D eigenvalue weighted by Crippen LogP contribution is -2.14. The molecule has 0 radical (unpaired) electrons. The van der Waals surface area contributed by atoms with Crippen molar-refractivity contribution in [3.8, 4) is 0 Å². The normalized spacial score (nSPS) is 11.4. The van der Waals surface area contributed by atoms with Crippen molar-refractivity contribution in [2.24, 2.45) is 0 Å². The summed E-state index contributed by atoms with van der Waals surface area (Å²) in [6.07, 6.45) is -5.19. The minimum atomic E-state index is -4.23. The van der Waals surface area contributed by atoms with Crippen molar-refractivity contribution in [2.75, 3.05) is 11.9 Å². The van der Waals surface area contributed by atoms with Gasteiger partial charge in [0.15, 0.2) is 0 Å². The van der Waals surface area contributed by atoms with E-state index in [2.05, 4.69) is 21.2 Å². The van der Waals surface area contributed by atoms with Gasteiger partial charge in [-0.1, -0.05) is 0 Å². The summed E-state index contributed by atoms with van der Waals surface area (Å²) in [7, 11) is 0. The van der Waals surface area contributed by atoms with Crippen LogP contribution in [0.2, 0.25) is 0 Å². The van der Waals surface area contributed by atoms with Gasteiger partial charge >= 0.3 is 6.18 Å². The second-order valence-corrected chi connectivity index (χ2v) is 4.52. The summed E-state index contributed by atoms with van der Waals surface area (Å²) in [5, 5.41) is 13.2. The van der Waals surface area contributed by atoms with Gasteiger partial charge in [0.1, 0.15) is 0 Å². The predicted molar refractivity (Wildman–Crippen MR) is 64.7 cm³/mol. The van der Waals surface area contributed by atoms with Gasteiger partial charge in [-0.2, -0.15) is 13.2 Å². The van der Waals surface area contributed by atoms with Crippen LogP contribution in [0.5, 0.6) is 0 Å². The van der Waals surface area contributed by atoms with Crippen LogP contribution in [-0.2, 0) is 0 Å². The van der Waals surface area contributed by atoms with E-state index in [-0.39, 0.29) is 12.2 Å². The highest BCUT2D eigenvalue weighted by atomic mass is 79.9. The maximum absolute atomic E-state index is 12.0. The van der Waals surface area contributed by atoms with Gasteiger partial charge in [0.05, 0.1) is 11.3 Å². The molecule has 18 heavy (non-hydrogen) atoms. The first-order chi connectivity index (χ1) is 8.20. The zero-order valence-corrected chi connectivity index (χ0v) is 10.9. The molecule has 0 aliphatic heterocycles. The van der Waals surface area contributed by atoms with E-state index in [0.717, 1.165) is 0 Å². The molecular formula is C10H10BrF3N2O2. The minimum Gasteiger partial charge on any atom is -0.384 e. The Kier molecular flexibility index (Phi) is 4.55. The van der Waals surface area contributed by atoms with Gasteiger partial charge in [-0.05, 0) is 28.9 Å². The molecule has 0 unspecified atom stereocenters. The van der Waals surface area contributed by atoms with Crippen molar-refractivity contribution in [1.82, 2.24) is 0 Å². The molecule has 0 aromatic heterocycles. The zero-order valence-electron chi connectivity index (χ0n) is 9.34. The Labute approximate surface area is 109 Å². The van der Waals surface area contributed by atoms with Gasteiger partial charge in [0, 0.05) is 28.3 Å². The molecule has 1 aromatic carbocycles. The van der Waals surface area contributed by atoms with Crippen molar-refractivity contribution >= 4 is 27.3 Å². The highest BCUT2D eigenvalue weighted by Gasteiger charge is 2.26. The molecule has 1 aromatic rings. The molecule has 100 valence electrons. The third kappa shape index (κ3) is 4.17. The molecule has 0 aliphatic carbocycles. The van der Waals surface area contributed by atoms with Crippen LogP contribution in [-0.4, -0.2) is 17.6 Å². The average Bonchev–Trinajstić information content (AvgIpc) is 2.20. The molecule has 1 rings (SSSR count). The van der Waals surface area contributed by atoms with Gasteiger partial charge < -0.3 is 5.32 Å². The van der Waals surface area contributed by atoms with E-state index in [4.69, 9.17) is 0 Å². The number of halogens is 4. The largest absolute Gasteiger partial charge is 0.390 e. The monoisotopic (exact) mass is 326 g/mol. The maximum Gasteiger partial charge on any atom is 0.390 e. The lowest BCUT2D eigenvalue weighted by molar-refractivity contribution is -0.385. The average molecular weight is 327 g/mol. The summed E-state index contributed by atoms with van der Waals surface area (Å²) in [4.78, 5) is 10.1. The van der Waals surface area contributed by atoms with E-state index >= 15 is 0 Å². The van der Waals surface area contributed by atoms with Crippen LogP contribution in [0.25, 0.3) is 0 Å². The third-order valence-corrected chi connectivity index (χ3v) is 2.86. The first kappa shape index (κ1) is 14.7. The molecule has 0 aliphatic rings. The van der Waals surface area contributed by atoms with Crippen LogP contribution in [0.15, 0.2) is 16.6 Å². The van der Waals surface area contributed by atoms with Gasteiger partial charge in [-0.3, -0.25) is 10.1 Å². The van der Waals surface area contributed by atoms with Crippen LogP contribution < -0.4 is 5.32 Å². The maximum atomic E-state index is 12.0. The Morgan fingerprint density at radius 2 is 2.06 bits per heavy atom. The molecule has 0 amide bonds. The van der Waals surface area contributed by atoms with Crippen molar-refractivity contribution in [3.63, 3.8) is 0 Å². The lowest BCUT2D eigenvalue weighted by Gasteiger charge is -2.11. The molecule has 1 N–H and O–H groups in total. The number of nitrogens with one attached hydrogen (secondary N) is 1. The van der Waals surface area contributed by atoms with Crippen molar-refractivity contribution in [2.45, 2.75) is 19.5 Å². The molecule has 0 saturated heterocycles. The second-order valence-electron chi connectivity index (χ2n) is 3.67. The van der Waals surface area contributed by atoms with E-state index in [1.54, 1.807) is 0 Å². The van der Waals surface area contributed by atoms with E-state index in [9.17, 15) is 23.3 Å². The summed E-state index contributed by atoms with van der Waals surface area (Å²) >= 11 is 3.08. The highest BCUT2D eigenvalue weighted by Crippen LogP contribution is 2.31. The van der Waals surface area contributed by atoms with E-state index in [0.29, 0.717) is 15.7 Å². The first-order valence-corrected chi connectivity index (χ1v) is 5.75. The Morgan fingerprint density at radius 1 is 1.44 bits per heavy atom. The summed E-state index contributed by atoms with van der Waals surface area (Å²) < 4.78 is 36.3. The second kappa shape index (κ2) is 5.55. The number of nitro benzene ring substituents is 1. The summed E-state index contributed by atoms with van der Waals surface area (Å²) in [5.74, 6) is 0. The van der Waals surface area contributed by atoms with E-state index in [1.165, 1.54) is 19.1 Å². The fourth-order valence-corrected chi connectivity index (χ4v) is 1.81. The Morgan fingerprint density at radius 3 is 2.56 bits per heavy atom. The van der Waals surface area contributed by atoms with Crippen LogP contribution in [0.1, 0.15) is 12.0 Å². The van der Waals surface area contributed by atoms with Gasteiger partial charge in [-0.15, -0.1) is 0 Å². The number of anilines is 1. The van der Waals surface area contributed by atoms with E-state index < -0.39 is 17.5 Å². The quantitative estimate of drug-likeness (QED) is 0.671. The van der Waals surface area contributed by atoms with Crippen LogP contribution in [0.4, 0.5) is 24.5 Å². The number of rotatable bonds is 4. The Bertz CT molecular complexity index is 463. The number of aryl methyl sites for hydroxylation is 1. The van der Waals surface area contributed by atoms with Crippen molar-refractivity contribution in [1.29, 1.82) is 0 Å². The minimum absolute atomic E-state index is 0.0803. The van der Waals surface area contributed by atoms with Crippen molar-refractivity contribution < 1.29 is 18.1 Å². The molecule has 4 nitrogen and oxygen atoms in total. The molecular weight excluding hydrogens is 317 g/mol. The van der Waals surface area contributed by atoms with E-state index in [1.807, 2.05) is 0 Å².